The van der Waals surface area contributed by atoms with E-state index in [0.717, 1.165) is 5.71 Å². The Labute approximate surface area is 119 Å². The summed E-state index contributed by atoms with van der Waals surface area (Å²) in [7, 11) is 0. The zero-order valence-electron chi connectivity index (χ0n) is 13.6. The van der Waals surface area contributed by atoms with Gasteiger partial charge in [0.05, 0.1) is 0 Å². The number of rotatable bonds is 3. The van der Waals surface area contributed by atoms with Crippen LogP contribution in [0.15, 0.2) is 53.7 Å². The second kappa shape index (κ2) is 14.4. The van der Waals surface area contributed by atoms with Crippen LogP contribution in [0.4, 0.5) is 0 Å². The van der Waals surface area contributed by atoms with Crippen molar-refractivity contribution in [3.63, 3.8) is 0 Å². The van der Waals surface area contributed by atoms with Crippen molar-refractivity contribution in [2.75, 3.05) is 0 Å². The number of hydrogen-bond donors (Lipinski definition) is 0. The van der Waals surface area contributed by atoms with E-state index in [1.54, 1.807) is 0 Å². The van der Waals surface area contributed by atoms with Crippen molar-refractivity contribution in [1.82, 2.24) is 0 Å². The second-order valence-electron chi connectivity index (χ2n) is 3.45. The second-order valence-corrected chi connectivity index (χ2v) is 3.45. The summed E-state index contributed by atoms with van der Waals surface area (Å²) in [5.41, 5.74) is 3.42. The van der Waals surface area contributed by atoms with Gasteiger partial charge in [-0.2, -0.15) is 0 Å². The molecule has 0 aliphatic rings. The minimum absolute atomic E-state index is 1.02. The van der Waals surface area contributed by atoms with Crippen LogP contribution < -0.4 is 0 Å². The van der Waals surface area contributed by atoms with Gasteiger partial charge in [0.25, 0.3) is 0 Å². The van der Waals surface area contributed by atoms with Crippen molar-refractivity contribution in [3.05, 3.63) is 54.2 Å². The summed E-state index contributed by atoms with van der Waals surface area (Å²) < 4.78 is 0. The Morgan fingerprint density at radius 3 is 1.95 bits per heavy atom. The van der Waals surface area contributed by atoms with Crippen molar-refractivity contribution in [1.29, 1.82) is 0 Å². The normalized spacial score (nSPS) is 11.3. The maximum Gasteiger partial charge on any atom is 0.0369 e. The third kappa shape index (κ3) is 10.0. The van der Waals surface area contributed by atoms with Gasteiger partial charge >= 0.3 is 0 Å². The molecule has 1 aromatic rings. The van der Waals surface area contributed by atoms with Crippen molar-refractivity contribution in [2.45, 2.75) is 48.5 Å². The van der Waals surface area contributed by atoms with Crippen LogP contribution in [0.2, 0.25) is 0 Å². The molecule has 19 heavy (non-hydrogen) atoms. The topological polar surface area (TPSA) is 12.4 Å². The minimum Gasteiger partial charge on any atom is -0.261 e. The highest BCUT2D eigenvalue weighted by atomic mass is 14.7. The highest BCUT2D eigenvalue weighted by Gasteiger charge is 1.91. The SMILES string of the molecule is CC.CC.C\C=C/C(C)=N\C=C(/C)c1ccccc1. The molecule has 1 aromatic carbocycles. The predicted molar refractivity (Wildman–Crippen MR) is 90.7 cm³/mol. The largest absolute Gasteiger partial charge is 0.261 e. The molecule has 0 unspecified atom stereocenters. The molecule has 0 saturated heterocycles. The summed E-state index contributed by atoms with van der Waals surface area (Å²) in [5, 5.41) is 0. The van der Waals surface area contributed by atoms with Crippen LogP contribution in [0.1, 0.15) is 54.0 Å². The van der Waals surface area contributed by atoms with E-state index >= 15 is 0 Å². The summed E-state index contributed by atoms with van der Waals surface area (Å²) in [6.45, 7) is 14.1. The number of aliphatic imine (C=N–C) groups is 1. The zero-order valence-corrected chi connectivity index (χ0v) is 13.6. The van der Waals surface area contributed by atoms with Crippen molar-refractivity contribution < 1.29 is 0 Å². The molecule has 1 heteroatoms. The Bertz CT molecular complexity index is 383. The molecule has 1 rings (SSSR count). The fourth-order valence-corrected chi connectivity index (χ4v) is 1.26. The van der Waals surface area contributed by atoms with E-state index in [2.05, 4.69) is 24.0 Å². The van der Waals surface area contributed by atoms with Crippen LogP contribution >= 0.6 is 0 Å². The lowest BCUT2D eigenvalue weighted by molar-refractivity contribution is 1.48. The molecule has 0 atom stereocenters. The van der Waals surface area contributed by atoms with Crippen LogP contribution in [0.3, 0.4) is 0 Å². The first-order chi connectivity index (χ1) is 9.24. The summed E-state index contributed by atoms with van der Waals surface area (Å²) in [6.07, 6.45) is 5.89. The maximum absolute atomic E-state index is 4.36. The lowest BCUT2D eigenvalue weighted by Gasteiger charge is -1.98. The smallest absolute Gasteiger partial charge is 0.0369 e. The average Bonchev–Trinajstić information content (AvgIpc) is 2.50. The van der Waals surface area contributed by atoms with E-state index in [9.17, 15) is 0 Å². The van der Waals surface area contributed by atoms with E-state index in [0.29, 0.717) is 0 Å². The molecule has 1 nitrogen and oxygen atoms in total. The van der Waals surface area contributed by atoms with Gasteiger partial charge in [0.15, 0.2) is 0 Å². The molecule has 0 N–H and O–H groups in total. The van der Waals surface area contributed by atoms with Crippen LogP contribution in [0, 0.1) is 0 Å². The Morgan fingerprint density at radius 1 is 0.947 bits per heavy atom. The minimum atomic E-state index is 1.02. The molecule has 0 aromatic heterocycles. The number of nitrogens with zero attached hydrogens (tertiary/aromatic N) is 1. The first kappa shape index (κ1) is 19.7. The zero-order chi connectivity index (χ0) is 15.1. The first-order valence-electron chi connectivity index (χ1n) is 7.13. The fraction of sp³-hybridized carbons (Fsp3) is 0.389. The summed E-state index contributed by atoms with van der Waals surface area (Å²) in [4.78, 5) is 4.36. The van der Waals surface area contributed by atoms with Gasteiger partial charge in [0, 0.05) is 11.9 Å². The van der Waals surface area contributed by atoms with Crippen LogP contribution in [0.5, 0.6) is 0 Å². The number of allylic oxidation sites excluding steroid dienone is 3. The van der Waals surface area contributed by atoms with Gasteiger partial charge in [0.1, 0.15) is 0 Å². The maximum atomic E-state index is 4.36. The van der Waals surface area contributed by atoms with Gasteiger partial charge in [-0.15, -0.1) is 0 Å². The molecule has 0 spiro atoms. The Morgan fingerprint density at radius 2 is 1.47 bits per heavy atom. The van der Waals surface area contributed by atoms with E-state index in [1.165, 1.54) is 11.1 Å². The lowest BCUT2D eigenvalue weighted by atomic mass is 10.1. The summed E-state index contributed by atoms with van der Waals surface area (Å²) >= 11 is 0. The Hall–Kier alpha value is -1.63. The molecular weight excluding hydrogens is 230 g/mol. The summed E-state index contributed by atoms with van der Waals surface area (Å²) in [6, 6.07) is 10.3. The van der Waals surface area contributed by atoms with Crippen LogP contribution in [-0.2, 0) is 0 Å². The standard InChI is InChI=1S/C14H17N.2C2H6/c1-4-8-13(3)15-11-12(2)14-9-6-5-7-10-14;2*1-2/h4-11H,1-3H3;2*1-2H3/b8-4-,12-11+,15-13-;;. The van der Waals surface area contributed by atoms with Crippen molar-refractivity contribution >= 4 is 11.3 Å². The fourth-order valence-electron chi connectivity index (χ4n) is 1.26. The van der Waals surface area contributed by atoms with Crippen molar-refractivity contribution in [2.24, 2.45) is 4.99 Å². The molecule has 0 radical (unpaired) electrons. The van der Waals surface area contributed by atoms with Gasteiger partial charge in [-0.25, -0.2) is 0 Å². The molecule has 0 aliphatic heterocycles. The quantitative estimate of drug-likeness (QED) is 0.578. The molecule has 106 valence electrons. The average molecular weight is 259 g/mol. The van der Waals surface area contributed by atoms with Crippen LogP contribution in [-0.4, -0.2) is 5.71 Å². The van der Waals surface area contributed by atoms with E-state index in [4.69, 9.17) is 0 Å². The molecule has 0 aliphatic carbocycles. The molecule has 0 saturated carbocycles. The van der Waals surface area contributed by atoms with E-state index in [-0.39, 0.29) is 0 Å². The van der Waals surface area contributed by atoms with Crippen molar-refractivity contribution in [3.8, 4) is 0 Å². The highest BCUT2D eigenvalue weighted by molar-refractivity contribution is 5.93. The predicted octanol–water partition coefficient (Wildman–Crippen LogP) is 6.14. The lowest BCUT2D eigenvalue weighted by Crippen LogP contribution is -1.82. The van der Waals surface area contributed by atoms with E-state index < -0.39 is 0 Å². The van der Waals surface area contributed by atoms with Gasteiger partial charge in [0.2, 0.25) is 0 Å². The Kier molecular flexibility index (Phi) is 15.0. The molecule has 0 heterocycles. The van der Waals surface area contributed by atoms with Gasteiger partial charge in [-0.3, -0.25) is 4.99 Å². The molecule has 0 amide bonds. The first-order valence-corrected chi connectivity index (χ1v) is 7.13. The number of hydrogen-bond acceptors (Lipinski definition) is 1. The third-order valence-corrected chi connectivity index (χ3v) is 2.10. The molecule has 0 fully saturated rings. The van der Waals surface area contributed by atoms with Crippen LogP contribution in [0.25, 0.3) is 5.57 Å². The van der Waals surface area contributed by atoms with E-state index in [1.807, 2.05) is 78.1 Å². The Balaban J connectivity index is 0. The molecular formula is C18H29N. The molecule has 0 bridgehead atoms. The third-order valence-electron chi connectivity index (χ3n) is 2.10. The summed E-state index contributed by atoms with van der Waals surface area (Å²) in [5.74, 6) is 0. The van der Waals surface area contributed by atoms with Gasteiger partial charge < -0.3 is 0 Å². The highest BCUT2D eigenvalue weighted by Crippen LogP contribution is 2.12. The monoisotopic (exact) mass is 259 g/mol. The number of benzene rings is 1. The van der Waals surface area contributed by atoms with Gasteiger partial charge in [-0.1, -0.05) is 64.1 Å². The van der Waals surface area contributed by atoms with Gasteiger partial charge in [-0.05, 0) is 38.0 Å².